The van der Waals surface area contributed by atoms with E-state index < -0.39 is 0 Å². The Balaban J connectivity index is 1.79. The first-order valence-electron chi connectivity index (χ1n) is 5.68. The number of ether oxygens (including phenoxy) is 1. The van der Waals surface area contributed by atoms with Gasteiger partial charge in [-0.1, -0.05) is 6.07 Å². The molecule has 3 nitrogen and oxygen atoms in total. The molecule has 18 heavy (non-hydrogen) atoms. The molecule has 0 atom stereocenters. The van der Waals surface area contributed by atoms with Crippen molar-refractivity contribution < 1.29 is 9.53 Å². The first kappa shape index (κ1) is 13.3. The number of carbonyl (C=O) groups excluding carboxylic acids is 1. The Hall–Kier alpha value is -1.17. The van der Waals surface area contributed by atoms with Crippen molar-refractivity contribution in [2.24, 2.45) is 0 Å². The normalized spacial score (nSPS) is 10.5. The lowest BCUT2D eigenvalue weighted by Gasteiger charge is -2.01. The lowest BCUT2D eigenvalue weighted by Crippen LogP contribution is -2.17. The van der Waals surface area contributed by atoms with Gasteiger partial charge in [0.05, 0.1) is 13.5 Å². The highest BCUT2D eigenvalue weighted by molar-refractivity contribution is 7.14. The summed E-state index contributed by atoms with van der Waals surface area (Å²) in [5, 5.41) is 7.49. The zero-order valence-corrected chi connectivity index (χ0v) is 11.8. The van der Waals surface area contributed by atoms with Crippen LogP contribution in [0.25, 0.3) is 10.4 Å². The van der Waals surface area contributed by atoms with Gasteiger partial charge in [0.15, 0.2) is 0 Å². The number of methoxy groups -OCH3 is 1. The maximum absolute atomic E-state index is 10.9. The predicted molar refractivity (Wildman–Crippen MR) is 76.0 cm³/mol. The van der Waals surface area contributed by atoms with Gasteiger partial charge in [-0.25, -0.2) is 0 Å². The van der Waals surface area contributed by atoms with Crippen molar-refractivity contribution in [2.75, 3.05) is 13.7 Å². The Morgan fingerprint density at radius 1 is 1.44 bits per heavy atom. The van der Waals surface area contributed by atoms with E-state index in [-0.39, 0.29) is 5.97 Å². The van der Waals surface area contributed by atoms with E-state index in [9.17, 15) is 4.79 Å². The lowest BCUT2D eigenvalue weighted by atomic mass is 10.2. The van der Waals surface area contributed by atoms with E-state index in [1.165, 1.54) is 22.4 Å². The Morgan fingerprint density at radius 2 is 2.33 bits per heavy atom. The van der Waals surface area contributed by atoms with Crippen molar-refractivity contribution in [3.63, 3.8) is 0 Å². The first-order valence-corrected chi connectivity index (χ1v) is 7.44. The van der Waals surface area contributed by atoms with Crippen LogP contribution in [-0.4, -0.2) is 19.6 Å². The molecule has 1 N–H and O–H groups in total. The largest absolute Gasteiger partial charge is 0.469 e. The van der Waals surface area contributed by atoms with Gasteiger partial charge in [-0.05, 0) is 22.9 Å². The summed E-state index contributed by atoms with van der Waals surface area (Å²) in [4.78, 5) is 13.5. The minimum atomic E-state index is -0.173. The van der Waals surface area contributed by atoms with Gasteiger partial charge in [0.25, 0.3) is 0 Å². The molecule has 0 unspecified atom stereocenters. The van der Waals surface area contributed by atoms with E-state index in [4.69, 9.17) is 0 Å². The second kappa shape index (κ2) is 6.68. The highest BCUT2D eigenvalue weighted by Gasteiger charge is 2.04. The van der Waals surface area contributed by atoms with Crippen molar-refractivity contribution in [3.05, 3.63) is 33.8 Å². The monoisotopic (exact) mass is 281 g/mol. The van der Waals surface area contributed by atoms with Crippen LogP contribution in [0.4, 0.5) is 0 Å². The van der Waals surface area contributed by atoms with Gasteiger partial charge in [0.1, 0.15) is 0 Å². The fraction of sp³-hybridized carbons (Fsp3) is 0.308. The molecule has 0 aliphatic rings. The quantitative estimate of drug-likeness (QED) is 0.653. The molecule has 0 fully saturated rings. The van der Waals surface area contributed by atoms with E-state index in [0.29, 0.717) is 13.0 Å². The smallest absolute Gasteiger partial charge is 0.306 e. The first-order chi connectivity index (χ1) is 8.79. The number of rotatable bonds is 6. The average Bonchev–Trinajstić information content (AvgIpc) is 3.04. The third-order valence-corrected chi connectivity index (χ3v) is 4.35. The maximum Gasteiger partial charge on any atom is 0.306 e. The van der Waals surface area contributed by atoms with Crippen molar-refractivity contribution in [3.8, 4) is 10.4 Å². The zero-order valence-electron chi connectivity index (χ0n) is 10.1. The number of carbonyl (C=O) groups is 1. The minimum absolute atomic E-state index is 0.173. The Bertz CT molecular complexity index is 491. The number of hydrogen-bond donors (Lipinski definition) is 1. The number of thiophene rings is 2. The molecule has 2 rings (SSSR count). The zero-order chi connectivity index (χ0) is 12.8. The molecule has 0 amide bonds. The van der Waals surface area contributed by atoms with Gasteiger partial charge < -0.3 is 10.1 Å². The fourth-order valence-corrected chi connectivity index (χ4v) is 3.19. The van der Waals surface area contributed by atoms with Crippen LogP contribution in [0, 0.1) is 0 Å². The molecule has 2 heterocycles. The molecule has 0 saturated heterocycles. The third-order valence-electron chi connectivity index (χ3n) is 2.49. The van der Waals surface area contributed by atoms with Gasteiger partial charge >= 0.3 is 5.97 Å². The molecule has 0 spiro atoms. The second-order valence-corrected chi connectivity index (χ2v) is 5.73. The molecule has 0 aliphatic carbocycles. The average molecular weight is 281 g/mol. The van der Waals surface area contributed by atoms with Gasteiger partial charge in [-0.3, -0.25) is 4.79 Å². The SMILES string of the molecule is COC(=O)CCNCc1cc(-c2cccs2)cs1. The van der Waals surface area contributed by atoms with Crippen LogP contribution in [0.5, 0.6) is 0 Å². The summed E-state index contributed by atoms with van der Waals surface area (Å²) >= 11 is 3.49. The highest BCUT2D eigenvalue weighted by Crippen LogP contribution is 2.29. The number of esters is 1. The molecule has 0 aliphatic heterocycles. The molecular weight excluding hydrogens is 266 g/mol. The summed E-state index contributed by atoms with van der Waals surface area (Å²) in [5.74, 6) is -0.173. The van der Waals surface area contributed by atoms with Crippen LogP contribution >= 0.6 is 22.7 Å². The van der Waals surface area contributed by atoms with E-state index in [2.05, 4.69) is 39.0 Å². The molecule has 0 bridgehead atoms. The molecule has 96 valence electrons. The van der Waals surface area contributed by atoms with E-state index >= 15 is 0 Å². The van der Waals surface area contributed by atoms with Crippen LogP contribution in [0.3, 0.4) is 0 Å². The Labute approximate surface area is 114 Å². The molecule has 2 aromatic rings. The van der Waals surface area contributed by atoms with Crippen molar-refractivity contribution in [2.45, 2.75) is 13.0 Å². The van der Waals surface area contributed by atoms with Gasteiger partial charge in [-0.2, -0.15) is 0 Å². The third kappa shape index (κ3) is 3.66. The van der Waals surface area contributed by atoms with Crippen LogP contribution < -0.4 is 5.32 Å². The van der Waals surface area contributed by atoms with E-state index in [1.54, 1.807) is 22.7 Å². The van der Waals surface area contributed by atoms with Crippen LogP contribution in [-0.2, 0) is 16.1 Å². The topological polar surface area (TPSA) is 38.3 Å². The molecule has 0 radical (unpaired) electrons. The second-order valence-electron chi connectivity index (χ2n) is 3.78. The summed E-state index contributed by atoms with van der Waals surface area (Å²) in [6.45, 7) is 1.45. The van der Waals surface area contributed by atoms with Crippen molar-refractivity contribution in [1.29, 1.82) is 0 Å². The van der Waals surface area contributed by atoms with E-state index in [0.717, 1.165) is 6.54 Å². The maximum atomic E-state index is 10.9. The summed E-state index contributed by atoms with van der Waals surface area (Å²) in [6.07, 6.45) is 0.416. The highest BCUT2D eigenvalue weighted by atomic mass is 32.1. The van der Waals surface area contributed by atoms with E-state index in [1.807, 2.05) is 0 Å². The standard InChI is InChI=1S/C13H15NO2S2/c1-16-13(15)4-5-14-8-11-7-10(9-18-11)12-3-2-6-17-12/h2-3,6-7,9,14H,4-5,8H2,1H3. The summed E-state index contributed by atoms with van der Waals surface area (Å²) in [7, 11) is 1.41. The number of nitrogens with one attached hydrogen (secondary N) is 1. The summed E-state index contributed by atoms with van der Waals surface area (Å²) < 4.78 is 4.58. The molecule has 0 saturated carbocycles. The lowest BCUT2D eigenvalue weighted by molar-refractivity contribution is -0.140. The molecule has 2 aromatic heterocycles. The van der Waals surface area contributed by atoms with Gasteiger partial charge in [0, 0.05) is 28.4 Å². The molecule has 5 heteroatoms. The Morgan fingerprint density at radius 3 is 3.06 bits per heavy atom. The van der Waals surface area contributed by atoms with Gasteiger partial charge in [-0.15, -0.1) is 22.7 Å². The van der Waals surface area contributed by atoms with Crippen molar-refractivity contribution in [1.82, 2.24) is 5.32 Å². The van der Waals surface area contributed by atoms with Gasteiger partial charge in [0.2, 0.25) is 0 Å². The van der Waals surface area contributed by atoms with Crippen LogP contribution in [0.2, 0.25) is 0 Å². The summed E-state index contributed by atoms with van der Waals surface area (Å²) in [5.41, 5.74) is 1.28. The minimum Gasteiger partial charge on any atom is -0.469 e. The number of hydrogen-bond acceptors (Lipinski definition) is 5. The molecule has 0 aromatic carbocycles. The Kier molecular flexibility index (Phi) is 4.92. The van der Waals surface area contributed by atoms with Crippen LogP contribution in [0.15, 0.2) is 29.0 Å². The van der Waals surface area contributed by atoms with Crippen LogP contribution in [0.1, 0.15) is 11.3 Å². The fourth-order valence-electron chi connectivity index (χ4n) is 1.55. The predicted octanol–water partition coefficient (Wildman–Crippen LogP) is 3.13. The molecular formula is C13H15NO2S2. The van der Waals surface area contributed by atoms with Crippen molar-refractivity contribution >= 4 is 28.6 Å². The summed E-state index contributed by atoms with van der Waals surface area (Å²) in [6, 6.07) is 6.38.